The van der Waals surface area contributed by atoms with Crippen LogP contribution in [-0.4, -0.2) is 45.3 Å². The summed E-state index contributed by atoms with van der Waals surface area (Å²) >= 11 is 0. The number of amides is 1. The Morgan fingerprint density at radius 3 is 2.26 bits per heavy atom. The molecule has 0 aromatic rings. The van der Waals surface area contributed by atoms with Crippen molar-refractivity contribution in [2.45, 2.75) is 51.1 Å². The lowest BCUT2D eigenvalue weighted by molar-refractivity contribution is -0.178. The van der Waals surface area contributed by atoms with E-state index in [0.717, 1.165) is 6.26 Å². The maximum atomic E-state index is 13.4. The Balaban J connectivity index is 1.69. The summed E-state index contributed by atoms with van der Waals surface area (Å²) < 4.78 is 69.0. The van der Waals surface area contributed by atoms with Gasteiger partial charge in [-0.2, -0.15) is 0 Å². The third-order valence-corrected chi connectivity index (χ3v) is 6.78. The van der Waals surface area contributed by atoms with Crippen molar-refractivity contribution in [3.05, 3.63) is 0 Å². The van der Waals surface area contributed by atoms with Crippen molar-refractivity contribution in [1.82, 2.24) is 4.72 Å². The van der Waals surface area contributed by atoms with Gasteiger partial charge in [0, 0.05) is 6.92 Å². The fraction of sp³-hybridized carbons (Fsp3) is 0.882. The van der Waals surface area contributed by atoms with Crippen LogP contribution in [0.1, 0.15) is 39.0 Å². The third-order valence-electron chi connectivity index (χ3n) is 6.23. The van der Waals surface area contributed by atoms with Crippen molar-refractivity contribution in [1.29, 1.82) is 0 Å². The Morgan fingerprint density at radius 1 is 1.22 bits per heavy atom. The maximum Gasteiger partial charge on any atom is 0.309 e. The van der Waals surface area contributed by atoms with Crippen molar-refractivity contribution in [3.63, 3.8) is 0 Å². The molecule has 0 saturated heterocycles. The molecule has 3 unspecified atom stereocenters. The van der Waals surface area contributed by atoms with Crippen LogP contribution in [0.4, 0.5) is 13.2 Å². The molecule has 0 aliphatic heterocycles. The van der Waals surface area contributed by atoms with Crippen molar-refractivity contribution < 1.29 is 35.9 Å². The molecule has 4 aliphatic carbocycles. The highest BCUT2D eigenvalue weighted by molar-refractivity contribution is 7.89. The van der Waals surface area contributed by atoms with Gasteiger partial charge in [-0.05, 0) is 49.9 Å². The van der Waals surface area contributed by atoms with Gasteiger partial charge < -0.3 is 4.74 Å². The van der Waals surface area contributed by atoms with Gasteiger partial charge in [-0.25, -0.2) is 21.6 Å². The Labute approximate surface area is 156 Å². The summed E-state index contributed by atoms with van der Waals surface area (Å²) in [6, 6.07) is 0. The van der Waals surface area contributed by atoms with Gasteiger partial charge in [0.2, 0.25) is 15.9 Å². The second kappa shape index (κ2) is 6.63. The molecular weight excluding hydrogens is 387 g/mol. The van der Waals surface area contributed by atoms with Gasteiger partial charge in [0.1, 0.15) is 6.61 Å². The number of alkyl halides is 3. The normalized spacial score (nSPS) is 36.3. The summed E-state index contributed by atoms with van der Waals surface area (Å²) in [5.74, 6) is -5.54. The number of sulfonamides is 1. The van der Waals surface area contributed by atoms with Crippen molar-refractivity contribution in [2.75, 3.05) is 12.9 Å². The molecule has 1 amide bonds. The highest BCUT2D eigenvalue weighted by Crippen LogP contribution is 2.62. The number of carbonyl (C=O) groups is 2. The van der Waals surface area contributed by atoms with E-state index in [1.807, 2.05) is 0 Å². The summed E-state index contributed by atoms with van der Waals surface area (Å²) in [5.41, 5.74) is -0.824. The van der Waals surface area contributed by atoms with E-state index in [4.69, 9.17) is 4.74 Å². The highest BCUT2D eigenvalue weighted by Gasteiger charge is 2.60. The lowest BCUT2D eigenvalue weighted by Crippen LogP contribution is -2.58. The van der Waals surface area contributed by atoms with Crippen LogP contribution < -0.4 is 4.72 Å². The molecule has 0 radical (unpaired) electrons. The van der Waals surface area contributed by atoms with Crippen LogP contribution in [0.2, 0.25) is 0 Å². The second-order valence-corrected chi connectivity index (χ2v) is 10.3. The number of rotatable bonds is 6. The van der Waals surface area contributed by atoms with Gasteiger partial charge >= 0.3 is 5.97 Å². The van der Waals surface area contributed by atoms with Gasteiger partial charge in [0.05, 0.1) is 17.6 Å². The molecule has 6 nitrogen and oxygen atoms in total. The first-order valence-electron chi connectivity index (χ1n) is 9.01. The minimum Gasteiger partial charge on any atom is -0.462 e. The number of hydrogen-bond donors (Lipinski definition) is 1. The number of ether oxygens (including phenoxy) is 1. The summed E-state index contributed by atoms with van der Waals surface area (Å²) in [7, 11) is -3.68. The second-order valence-electron chi connectivity index (χ2n) is 8.53. The number of halogens is 3. The minimum absolute atomic E-state index is 0.186. The molecule has 0 heterocycles. The molecule has 3 atom stereocenters. The Morgan fingerprint density at radius 2 is 1.78 bits per heavy atom. The van der Waals surface area contributed by atoms with Crippen molar-refractivity contribution in [2.24, 2.45) is 29.1 Å². The Bertz CT molecular complexity index is 719. The molecule has 4 aliphatic rings. The molecule has 154 valence electrons. The third kappa shape index (κ3) is 4.09. The average Bonchev–Trinajstić information content (AvgIpc) is 2.48. The molecule has 0 aromatic carbocycles. The monoisotopic (exact) mass is 411 g/mol. The highest BCUT2D eigenvalue weighted by atomic mass is 32.2. The molecular formula is C17H24F3NO5S. The molecule has 4 saturated carbocycles. The Kier molecular flexibility index (Phi) is 5.01. The van der Waals surface area contributed by atoms with Gasteiger partial charge in [0.15, 0.2) is 6.17 Å². The molecule has 0 spiro atoms. The number of carbonyl (C=O) groups excluding carboxylic acids is 2. The number of hydrogen-bond acceptors (Lipinski definition) is 5. The zero-order chi connectivity index (χ0) is 20.2. The van der Waals surface area contributed by atoms with E-state index in [9.17, 15) is 31.2 Å². The summed E-state index contributed by atoms with van der Waals surface area (Å²) in [4.78, 5) is 25.0. The predicted octanol–water partition coefficient (Wildman–Crippen LogP) is 2.04. The molecule has 10 heteroatoms. The fourth-order valence-corrected chi connectivity index (χ4v) is 5.92. The largest absolute Gasteiger partial charge is 0.462 e. The molecule has 1 N–H and O–H groups in total. The van der Waals surface area contributed by atoms with Gasteiger partial charge in [0.25, 0.3) is 5.92 Å². The maximum absolute atomic E-state index is 13.4. The standard InChI is InChI=1S/C17H24F3NO5S/c1-16(19,20)12(18)8-26-14(22)13-10-3-9-4-11(13)7-17(5-9,6-10)15(23)21-27(2,24)25/h9-13H,3-8H2,1-2H3,(H,21,23). The predicted molar refractivity (Wildman–Crippen MR) is 88.9 cm³/mol. The Hall–Kier alpha value is -1.32. The van der Waals surface area contributed by atoms with E-state index in [-0.39, 0.29) is 17.8 Å². The van der Waals surface area contributed by atoms with Crippen LogP contribution in [0.3, 0.4) is 0 Å². The van der Waals surface area contributed by atoms with Gasteiger partial charge in [-0.15, -0.1) is 0 Å². The van der Waals surface area contributed by atoms with Crippen LogP contribution >= 0.6 is 0 Å². The number of esters is 1. The fourth-order valence-electron chi connectivity index (χ4n) is 5.36. The first-order valence-corrected chi connectivity index (χ1v) is 10.9. The molecule has 4 fully saturated rings. The molecule has 4 bridgehead atoms. The summed E-state index contributed by atoms with van der Waals surface area (Å²) in [6.45, 7) is -0.570. The zero-order valence-corrected chi connectivity index (χ0v) is 16.0. The van der Waals surface area contributed by atoms with Gasteiger partial charge in [-0.3, -0.25) is 14.3 Å². The average molecular weight is 411 g/mol. The van der Waals surface area contributed by atoms with E-state index in [0.29, 0.717) is 39.0 Å². The van der Waals surface area contributed by atoms with Crippen LogP contribution in [0.15, 0.2) is 0 Å². The smallest absolute Gasteiger partial charge is 0.309 e. The molecule has 27 heavy (non-hydrogen) atoms. The molecule has 0 aromatic heterocycles. The lowest BCUT2D eigenvalue weighted by Gasteiger charge is -2.58. The van der Waals surface area contributed by atoms with E-state index in [2.05, 4.69) is 4.72 Å². The van der Waals surface area contributed by atoms with E-state index >= 15 is 0 Å². The van der Waals surface area contributed by atoms with Gasteiger partial charge in [-0.1, -0.05) is 0 Å². The van der Waals surface area contributed by atoms with E-state index in [1.54, 1.807) is 0 Å². The van der Waals surface area contributed by atoms with Crippen molar-refractivity contribution >= 4 is 21.9 Å². The lowest BCUT2D eigenvalue weighted by atomic mass is 9.46. The zero-order valence-electron chi connectivity index (χ0n) is 15.2. The summed E-state index contributed by atoms with van der Waals surface area (Å²) in [6.07, 6.45) is 1.04. The molecule has 4 rings (SSSR count). The van der Waals surface area contributed by atoms with E-state index < -0.39 is 51.9 Å². The van der Waals surface area contributed by atoms with Crippen LogP contribution in [-0.2, 0) is 24.3 Å². The quantitative estimate of drug-likeness (QED) is 0.676. The van der Waals surface area contributed by atoms with E-state index in [1.165, 1.54) is 0 Å². The van der Waals surface area contributed by atoms with Crippen LogP contribution in [0, 0.1) is 29.1 Å². The first kappa shape index (κ1) is 20.4. The SMILES string of the molecule is CC(F)(F)C(F)COC(=O)C1C2CC3CC1CC(C(=O)NS(C)(=O)=O)(C3)C2. The van der Waals surface area contributed by atoms with Crippen LogP contribution in [0.5, 0.6) is 0 Å². The van der Waals surface area contributed by atoms with Crippen molar-refractivity contribution in [3.8, 4) is 0 Å². The van der Waals surface area contributed by atoms with Crippen LogP contribution in [0.25, 0.3) is 0 Å². The number of nitrogens with one attached hydrogen (secondary N) is 1. The minimum atomic E-state index is -3.68. The first-order chi connectivity index (χ1) is 12.3. The topological polar surface area (TPSA) is 89.5 Å². The summed E-state index contributed by atoms with van der Waals surface area (Å²) in [5, 5.41) is 0.